The van der Waals surface area contributed by atoms with Gasteiger partial charge >= 0.3 is 6.03 Å². The highest BCUT2D eigenvalue weighted by atomic mass is 16.5. The maximum absolute atomic E-state index is 12.9. The van der Waals surface area contributed by atoms with Crippen molar-refractivity contribution in [2.75, 3.05) is 55.7 Å². The minimum atomic E-state index is -0.179. The molecule has 1 aromatic carbocycles. The van der Waals surface area contributed by atoms with E-state index in [1.54, 1.807) is 9.80 Å². The molecule has 0 unspecified atom stereocenters. The molecule has 11 nitrogen and oxygen atoms in total. The van der Waals surface area contributed by atoms with Gasteiger partial charge in [0.2, 0.25) is 0 Å². The molecule has 2 aliphatic heterocycles. The Kier molecular flexibility index (Phi) is 7.31. The van der Waals surface area contributed by atoms with Gasteiger partial charge in [-0.1, -0.05) is 0 Å². The van der Waals surface area contributed by atoms with Crippen LogP contribution in [0.5, 0.6) is 0 Å². The van der Waals surface area contributed by atoms with Crippen LogP contribution in [0, 0.1) is 0 Å². The van der Waals surface area contributed by atoms with Crippen molar-refractivity contribution in [2.24, 2.45) is 0 Å². The number of benzene rings is 1. The summed E-state index contributed by atoms with van der Waals surface area (Å²) in [6.45, 7) is 8.67. The summed E-state index contributed by atoms with van der Waals surface area (Å²) in [6, 6.07) is 7.55. The quantitative estimate of drug-likeness (QED) is 0.544. The van der Waals surface area contributed by atoms with Gasteiger partial charge in [-0.15, -0.1) is 0 Å². The van der Waals surface area contributed by atoms with Gasteiger partial charge in [0.1, 0.15) is 12.1 Å². The lowest BCUT2D eigenvalue weighted by atomic mass is 10.0. The molecule has 1 N–H and O–H groups in total. The number of morpholine rings is 1. The summed E-state index contributed by atoms with van der Waals surface area (Å²) in [6.07, 6.45) is 3.28. The predicted molar refractivity (Wildman–Crippen MR) is 138 cm³/mol. The molecule has 0 bridgehead atoms. The predicted octanol–water partition coefficient (Wildman–Crippen LogP) is 2.72. The average Bonchev–Trinajstić information content (AvgIpc) is 3.48. The van der Waals surface area contributed by atoms with Crippen LogP contribution in [-0.4, -0.2) is 77.7 Å². The molecule has 3 amide bonds. The molecule has 0 saturated carbocycles. The second-order valence-electron chi connectivity index (χ2n) is 8.87. The van der Waals surface area contributed by atoms with Crippen molar-refractivity contribution >= 4 is 23.4 Å². The Morgan fingerprint density at radius 3 is 2.54 bits per heavy atom. The molecule has 0 atom stereocenters. The first-order valence-electron chi connectivity index (χ1n) is 12.6. The van der Waals surface area contributed by atoms with E-state index in [1.807, 2.05) is 38.1 Å². The SMILES string of the molecule is CCNC(=O)N(CC)c1ccc(-c2nc3c(c(N4CCOCC4)n2)CCN(C(=O)c2cocn2)C3)cc1. The Balaban J connectivity index is 1.48. The van der Waals surface area contributed by atoms with Gasteiger partial charge in [-0.25, -0.2) is 19.7 Å². The largest absolute Gasteiger partial charge is 0.451 e. The number of rotatable bonds is 6. The molecule has 11 heteroatoms. The highest BCUT2D eigenvalue weighted by Gasteiger charge is 2.29. The number of amides is 3. The average molecular weight is 506 g/mol. The zero-order valence-electron chi connectivity index (χ0n) is 21.1. The number of anilines is 2. The second-order valence-corrected chi connectivity index (χ2v) is 8.87. The number of hydrogen-bond donors (Lipinski definition) is 1. The zero-order valence-corrected chi connectivity index (χ0v) is 21.1. The van der Waals surface area contributed by atoms with Crippen molar-refractivity contribution in [1.29, 1.82) is 0 Å². The summed E-state index contributed by atoms with van der Waals surface area (Å²) < 4.78 is 10.6. The van der Waals surface area contributed by atoms with Crippen molar-refractivity contribution in [2.45, 2.75) is 26.8 Å². The van der Waals surface area contributed by atoms with Crippen LogP contribution in [0.25, 0.3) is 11.4 Å². The molecule has 194 valence electrons. The Morgan fingerprint density at radius 2 is 1.86 bits per heavy atom. The van der Waals surface area contributed by atoms with Crippen LogP contribution in [-0.2, 0) is 17.7 Å². The number of ether oxygens (including phenoxy) is 1. The van der Waals surface area contributed by atoms with E-state index in [4.69, 9.17) is 19.1 Å². The van der Waals surface area contributed by atoms with Crippen LogP contribution in [0.15, 0.2) is 41.3 Å². The molecule has 0 spiro atoms. The van der Waals surface area contributed by atoms with E-state index in [-0.39, 0.29) is 17.6 Å². The van der Waals surface area contributed by atoms with Crippen LogP contribution < -0.4 is 15.1 Å². The van der Waals surface area contributed by atoms with E-state index in [1.165, 1.54) is 12.7 Å². The van der Waals surface area contributed by atoms with Crippen molar-refractivity contribution in [3.63, 3.8) is 0 Å². The van der Waals surface area contributed by atoms with E-state index in [9.17, 15) is 9.59 Å². The number of carbonyl (C=O) groups excluding carboxylic acids is 2. The summed E-state index contributed by atoms with van der Waals surface area (Å²) in [4.78, 5) is 44.9. The van der Waals surface area contributed by atoms with Gasteiger partial charge in [-0.2, -0.15) is 0 Å². The van der Waals surface area contributed by atoms with Crippen molar-refractivity contribution < 1.29 is 18.7 Å². The summed E-state index contributed by atoms with van der Waals surface area (Å²) in [5.74, 6) is 1.31. The molecular formula is C26H31N7O4. The Bertz CT molecular complexity index is 1240. The molecular weight excluding hydrogens is 474 g/mol. The zero-order chi connectivity index (χ0) is 25.8. The minimum absolute atomic E-state index is 0.130. The maximum Gasteiger partial charge on any atom is 0.321 e. The van der Waals surface area contributed by atoms with Gasteiger partial charge in [-0.3, -0.25) is 9.69 Å². The van der Waals surface area contributed by atoms with Crippen molar-refractivity contribution in [3.05, 3.63) is 53.9 Å². The smallest absolute Gasteiger partial charge is 0.321 e. The van der Waals surface area contributed by atoms with Crippen LogP contribution in [0.4, 0.5) is 16.3 Å². The number of aromatic nitrogens is 3. The number of oxazole rings is 1. The molecule has 4 heterocycles. The second kappa shape index (κ2) is 11.0. The summed E-state index contributed by atoms with van der Waals surface area (Å²) in [5, 5.41) is 2.85. The van der Waals surface area contributed by atoms with Crippen molar-refractivity contribution in [1.82, 2.24) is 25.2 Å². The summed E-state index contributed by atoms with van der Waals surface area (Å²) >= 11 is 0. The number of hydrogen-bond acceptors (Lipinski definition) is 8. The van der Waals surface area contributed by atoms with E-state index >= 15 is 0 Å². The van der Waals surface area contributed by atoms with E-state index < -0.39 is 0 Å². The van der Waals surface area contributed by atoms with Crippen LogP contribution in [0.3, 0.4) is 0 Å². The fourth-order valence-electron chi connectivity index (χ4n) is 4.71. The first-order chi connectivity index (χ1) is 18.1. The standard InChI is InChI=1S/C26H31N7O4/c1-3-27-26(35)33(4-2)19-7-5-18(6-8-19)23-29-21-15-32(25(34)22-16-37-17-28-22)10-9-20(21)24(30-23)31-11-13-36-14-12-31/h5-8,16-17H,3-4,9-15H2,1-2H3,(H,27,35). The number of urea groups is 1. The molecule has 0 aliphatic carbocycles. The first-order valence-corrected chi connectivity index (χ1v) is 12.6. The van der Waals surface area contributed by atoms with Gasteiger partial charge in [-0.05, 0) is 44.5 Å². The topological polar surface area (TPSA) is 117 Å². The first kappa shape index (κ1) is 24.7. The summed E-state index contributed by atoms with van der Waals surface area (Å²) in [5.41, 5.74) is 3.83. The molecule has 1 fully saturated rings. The van der Waals surface area contributed by atoms with Crippen LogP contribution in [0.1, 0.15) is 35.6 Å². The Morgan fingerprint density at radius 1 is 1.08 bits per heavy atom. The van der Waals surface area contributed by atoms with Gasteiger partial charge in [0, 0.05) is 49.5 Å². The lowest BCUT2D eigenvalue weighted by Gasteiger charge is -2.34. The molecule has 37 heavy (non-hydrogen) atoms. The van der Waals surface area contributed by atoms with Gasteiger partial charge in [0.15, 0.2) is 17.9 Å². The fraction of sp³-hybridized carbons (Fsp3) is 0.423. The monoisotopic (exact) mass is 505 g/mol. The lowest BCUT2D eigenvalue weighted by Crippen LogP contribution is -2.41. The summed E-state index contributed by atoms with van der Waals surface area (Å²) in [7, 11) is 0. The molecule has 5 rings (SSSR count). The highest BCUT2D eigenvalue weighted by molar-refractivity contribution is 5.92. The van der Waals surface area contributed by atoms with E-state index in [2.05, 4.69) is 15.2 Å². The highest BCUT2D eigenvalue weighted by Crippen LogP contribution is 2.31. The van der Waals surface area contributed by atoms with Crippen LogP contribution in [0.2, 0.25) is 0 Å². The molecule has 1 saturated heterocycles. The Hall–Kier alpha value is -3.99. The number of fused-ring (bicyclic) bond motifs is 1. The van der Waals surface area contributed by atoms with Gasteiger partial charge in [0.25, 0.3) is 5.91 Å². The van der Waals surface area contributed by atoms with Crippen LogP contribution >= 0.6 is 0 Å². The molecule has 0 radical (unpaired) electrons. The van der Waals surface area contributed by atoms with Gasteiger partial charge < -0.3 is 24.3 Å². The lowest BCUT2D eigenvalue weighted by molar-refractivity contribution is 0.0725. The van der Waals surface area contributed by atoms with E-state index in [0.717, 1.165) is 41.4 Å². The third-order valence-electron chi connectivity index (χ3n) is 6.62. The molecule has 3 aromatic rings. The fourth-order valence-corrected chi connectivity index (χ4v) is 4.71. The third kappa shape index (κ3) is 5.12. The third-order valence-corrected chi connectivity index (χ3v) is 6.62. The maximum atomic E-state index is 12.9. The normalized spacial score (nSPS) is 15.3. The molecule has 2 aliphatic rings. The number of carbonyl (C=O) groups is 2. The van der Waals surface area contributed by atoms with E-state index in [0.29, 0.717) is 51.6 Å². The minimum Gasteiger partial charge on any atom is -0.451 e. The Labute approximate surface area is 215 Å². The van der Waals surface area contributed by atoms with Gasteiger partial charge in [0.05, 0.1) is 25.5 Å². The number of nitrogens with zero attached hydrogens (tertiary/aromatic N) is 6. The molecule has 2 aromatic heterocycles. The number of nitrogens with one attached hydrogen (secondary N) is 1. The van der Waals surface area contributed by atoms with Crippen molar-refractivity contribution in [3.8, 4) is 11.4 Å².